The van der Waals surface area contributed by atoms with E-state index in [0.29, 0.717) is 18.5 Å². The Hall–Kier alpha value is -2.64. The maximum absolute atomic E-state index is 11.6. The smallest absolute Gasteiger partial charge is 0.303 e. The summed E-state index contributed by atoms with van der Waals surface area (Å²) in [5.41, 5.74) is 0.468. The number of rotatable bonds is 7. The minimum atomic E-state index is -0.919. The number of carbonyl (C=O) groups excluding carboxylic acids is 1. The minimum absolute atomic E-state index is 0.0206. The second-order valence-electron chi connectivity index (χ2n) is 4.46. The lowest BCUT2D eigenvalue weighted by atomic mass is 10.1. The molecule has 8 nitrogen and oxygen atoms in total. The third kappa shape index (κ3) is 4.44. The van der Waals surface area contributed by atoms with Crippen LogP contribution in [0.4, 0.5) is 11.4 Å². The number of amides is 1. The fourth-order valence-electron chi connectivity index (χ4n) is 1.86. The summed E-state index contributed by atoms with van der Waals surface area (Å²) in [7, 11) is 3.10. The SMILES string of the molecule is CNC(=O)c1ccc([N+](=O)[O-])c(N(C)CCCC(=O)O)c1. The minimum Gasteiger partial charge on any atom is -0.481 e. The molecule has 1 amide bonds. The number of hydrogen-bond acceptors (Lipinski definition) is 5. The van der Waals surface area contributed by atoms with Gasteiger partial charge in [-0.25, -0.2) is 0 Å². The third-order valence-corrected chi connectivity index (χ3v) is 2.96. The number of nitro groups is 1. The Kier molecular flexibility index (Phi) is 5.65. The van der Waals surface area contributed by atoms with Crippen LogP contribution in [0.5, 0.6) is 0 Å². The number of nitrogens with zero attached hydrogens (tertiary/aromatic N) is 2. The molecule has 0 saturated heterocycles. The molecule has 0 saturated carbocycles. The first kappa shape index (κ1) is 16.4. The molecule has 0 aliphatic carbocycles. The molecular formula is C13H17N3O5. The molecular weight excluding hydrogens is 278 g/mol. The van der Waals surface area contributed by atoms with Crippen molar-refractivity contribution in [2.45, 2.75) is 12.8 Å². The summed E-state index contributed by atoms with van der Waals surface area (Å²) in [5, 5.41) is 22.1. The summed E-state index contributed by atoms with van der Waals surface area (Å²) in [6, 6.07) is 4.08. The highest BCUT2D eigenvalue weighted by molar-refractivity contribution is 5.95. The molecule has 1 aromatic carbocycles. The predicted octanol–water partition coefficient (Wildman–Crippen LogP) is 1.26. The highest BCUT2D eigenvalue weighted by Gasteiger charge is 2.19. The van der Waals surface area contributed by atoms with Gasteiger partial charge in [-0.3, -0.25) is 19.7 Å². The van der Waals surface area contributed by atoms with Gasteiger partial charge >= 0.3 is 5.97 Å². The van der Waals surface area contributed by atoms with Crippen LogP contribution in [0.15, 0.2) is 18.2 Å². The number of aliphatic carboxylic acids is 1. The Balaban J connectivity index is 3.02. The van der Waals surface area contributed by atoms with Crippen LogP contribution in [0.1, 0.15) is 23.2 Å². The van der Waals surface area contributed by atoms with E-state index in [4.69, 9.17) is 5.11 Å². The van der Waals surface area contributed by atoms with Crippen LogP contribution in [0.2, 0.25) is 0 Å². The molecule has 0 fully saturated rings. The lowest BCUT2D eigenvalue weighted by Crippen LogP contribution is -2.22. The molecule has 0 heterocycles. The Morgan fingerprint density at radius 3 is 2.62 bits per heavy atom. The molecule has 0 aliphatic rings. The zero-order valence-electron chi connectivity index (χ0n) is 11.8. The highest BCUT2D eigenvalue weighted by Crippen LogP contribution is 2.28. The molecule has 21 heavy (non-hydrogen) atoms. The Bertz CT molecular complexity index is 559. The number of benzene rings is 1. The molecule has 1 aromatic rings. The average Bonchev–Trinajstić information content (AvgIpc) is 2.45. The average molecular weight is 295 g/mol. The lowest BCUT2D eigenvalue weighted by Gasteiger charge is -2.19. The van der Waals surface area contributed by atoms with Crippen LogP contribution in [0.25, 0.3) is 0 Å². The number of anilines is 1. The molecule has 2 N–H and O–H groups in total. The number of carboxylic acids is 1. The number of carboxylic acid groups (broad SMARTS) is 1. The Morgan fingerprint density at radius 1 is 1.43 bits per heavy atom. The van der Waals surface area contributed by atoms with Gasteiger partial charge in [-0.2, -0.15) is 0 Å². The van der Waals surface area contributed by atoms with Crippen LogP contribution in [0, 0.1) is 10.1 Å². The van der Waals surface area contributed by atoms with Crippen molar-refractivity contribution in [1.82, 2.24) is 5.32 Å². The van der Waals surface area contributed by atoms with E-state index in [2.05, 4.69) is 5.32 Å². The van der Waals surface area contributed by atoms with Crippen LogP contribution in [0.3, 0.4) is 0 Å². The van der Waals surface area contributed by atoms with Crippen molar-refractivity contribution in [2.75, 3.05) is 25.5 Å². The van der Waals surface area contributed by atoms with Gasteiger partial charge in [0.1, 0.15) is 5.69 Å². The number of nitrogens with one attached hydrogen (secondary N) is 1. The van der Waals surface area contributed by atoms with Crippen molar-refractivity contribution >= 4 is 23.3 Å². The van der Waals surface area contributed by atoms with E-state index < -0.39 is 10.9 Å². The topological polar surface area (TPSA) is 113 Å². The van der Waals surface area contributed by atoms with Crippen molar-refractivity contribution in [2.24, 2.45) is 0 Å². The summed E-state index contributed by atoms with van der Waals surface area (Å²) in [6.07, 6.45) is 0.334. The second-order valence-corrected chi connectivity index (χ2v) is 4.46. The second kappa shape index (κ2) is 7.22. The molecule has 1 rings (SSSR count). The number of carbonyl (C=O) groups is 2. The van der Waals surface area contributed by atoms with Gasteiger partial charge in [0.2, 0.25) is 0 Å². The number of hydrogen-bond donors (Lipinski definition) is 2. The standard InChI is InChI=1S/C13H17N3O5/c1-14-13(19)9-5-6-10(16(20)21)11(8-9)15(2)7-3-4-12(17)18/h5-6,8H,3-4,7H2,1-2H3,(H,14,19)(H,17,18). The van der Waals surface area contributed by atoms with Gasteiger partial charge in [0.25, 0.3) is 11.6 Å². The zero-order valence-corrected chi connectivity index (χ0v) is 11.8. The van der Waals surface area contributed by atoms with Gasteiger partial charge in [-0.15, -0.1) is 0 Å². The molecule has 0 radical (unpaired) electrons. The van der Waals surface area contributed by atoms with Crippen LogP contribution in [-0.4, -0.2) is 42.5 Å². The van der Waals surface area contributed by atoms with Crippen LogP contribution >= 0.6 is 0 Å². The van der Waals surface area contributed by atoms with E-state index >= 15 is 0 Å². The van der Waals surface area contributed by atoms with Crippen molar-refractivity contribution in [3.05, 3.63) is 33.9 Å². The van der Waals surface area contributed by atoms with E-state index in [1.54, 1.807) is 11.9 Å². The molecule has 0 unspecified atom stereocenters. The van der Waals surface area contributed by atoms with Crippen molar-refractivity contribution in [3.63, 3.8) is 0 Å². The van der Waals surface area contributed by atoms with Gasteiger partial charge < -0.3 is 15.3 Å². The predicted molar refractivity (Wildman–Crippen MR) is 76.6 cm³/mol. The van der Waals surface area contributed by atoms with Gasteiger partial charge in [-0.1, -0.05) is 0 Å². The monoisotopic (exact) mass is 295 g/mol. The summed E-state index contributed by atoms with van der Waals surface area (Å²) in [4.78, 5) is 34.2. The first-order valence-electron chi connectivity index (χ1n) is 6.30. The summed E-state index contributed by atoms with van der Waals surface area (Å²) < 4.78 is 0. The highest BCUT2D eigenvalue weighted by atomic mass is 16.6. The van der Waals surface area contributed by atoms with Crippen LogP contribution < -0.4 is 10.2 Å². The largest absolute Gasteiger partial charge is 0.481 e. The Labute approximate surface area is 121 Å². The Morgan fingerprint density at radius 2 is 2.10 bits per heavy atom. The summed E-state index contributed by atoms with van der Waals surface area (Å²) in [6.45, 7) is 0.338. The summed E-state index contributed by atoms with van der Waals surface area (Å²) >= 11 is 0. The normalized spacial score (nSPS) is 10.0. The van der Waals surface area contributed by atoms with E-state index in [-0.39, 0.29) is 23.7 Å². The third-order valence-electron chi connectivity index (χ3n) is 2.96. The first-order valence-corrected chi connectivity index (χ1v) is 6.30. The molecule has 8 heteroatoms. The van der Waals surface area contributed by atoms with E-state index in [1.807, 2.05) is 0 Å². The van der Waals surface area contributed by atoms with Crippen molar-refractivity contribution in [3.8, 4) is 0 Å². The summed E-state index contributed by atoms with van der Waals surface area (Å²) in [5.74, 6) is -1.26. The van der Waals surface area contributed by atoms with Gasteiger partial charge in [-0.05, 0) is 18.6 Å². The molecule has 0 bridgehead atoms. The fourth-order valence-corrected chi connectivity index (χ4v) is 1.86. The molecule has 0 spiro atoms. The van der Waals surface area contributed by atoms with Crippen molar-refractivity contribution in [1.29, 1.82) is 0 Å². The first-order chi connectivity index (χ1) is 9.86. The quantitative estimate of drug-likeness (QED) is 0.578. The molecule has 0 aromatic heterocycles. The maximum atomic E-state index is 11.6. The molecule has 0 aliphatic heterocycles. The number of nitro benzene ring substituents is 1. The molecule has 0 atom stereocenters. The van der Waals surface area contributed by atoms with Gasteiger partial charge in [0.15, 0.2) is 0 Å². The zero-order chi connectivity index (χ0) is 16.0. The van der Waals surface area contributed by atoms with Gasteiger partial charge in [0.05, 0.1) is 4.92 Å². The molecule has 114 valence electrons. The van der Waals surface area contributed by atoms with E-state index in [9.17, 15) is 19.7 Å². The fraction of sp³-hybridized carbons (Fsp3) is 0.385. The maximum Gasteiger partial charge on any atom is 0.303 e. The van der Waals surface area contributed by atoms with E-state index in [1.165, 1.54) is 25.2 Å². The van der Waals surface area contributed by atoms with E-state index in [0.717, 1.165) is 0 Å². The lowest BCUT2D eigenvalue weighted by molar-refractivity contribution is -0.384. The van der Waals surface area contributed by atoms with Crippen molar-refractivity contribution < 1.29 is 19.6 Å². The van der Waals surface area contributed by atoms with Crippen LogP contribution in [-0.2, 0) is 4.79 Å². The van der Waals surface area contributed by atoms with Gasteiger partial charge in [0, 0.05) is 38.7 Å².